The highest BCUT2D eigenvalue weighted by Gasteiger charge is 2.23. The molecule has 0 amide bonds. The Kier molecular flexibility index (Phi) is 4.56. The molecule has 1 aliphatic carbocycles. The minimum atomic E-state index is 0.610. The van der Waals surface area contributed by atoms with Crippen molar-refractivity contribution >= 4 is 5.82 Å². The maximum atomic E-state index is 4.75. The van der Waals surface area contributed by atoms with Crippen LogP contribution in [0.3, 0.4) is 0 Å². The lowest BCUT2D eigenvalue weighted by molar-refractivity contribution is 0.400. The van der Waals surface area contributed by atoms with Crippen molar-refractivity contribution in [1.82, 2.24) is 9.97 Å². The van der Waals surface area contributed by atoms with Gasteiger partial charge in [0.15, 0.2) is 0 Å². The predicted octanol–water partition coefficient (Wildman–Crippen LogP) is 3.76. The Balaban J connectivity index is 2.16. The van der Waals surface area contributed by atoms with Crippen LogP contribution in [0.1, 0.15) is 63.9 Å². The summed E-state index contributed by atoms with van der Waals surface area (Å²) < 4.78 is 0. The van der Waals surface area contributed by atoms with Crippen molar-refractivity contribution in [3.05, 3.63) is 17.6 Å². The summed E-state index contributed by atoms with van der Waals surface area (Å²) >= 11 is 0. The number of hydrogen-bond acceptors (Lipinski definition) is 3. The number of nitrogens with one attached hydrogen (secondary N) is 1. The molecule has 1 fully saturated rings. The van der Waals surface area contributed by atoms with Gasteiger partial charge in [0.2, 0.25) is 0 Å². The molecule has 1 N–H and O–H groups in total. The van der Waals surface area contributed by atoms with Gasteiger partial charge in [0.25, 0.3) is 0 Å². The fourth-order valence-corrected chi connectivity index (χ4v) is 2.23. The van der Waals surface area contributed by atoms with Crippen LogP contribution in [0.2, 0.25) is 0 Å². The molecule has 0 bridgehead atoms. The molecule has 100 valence electrons. The molecule has 0 aliphatic heterocycles. The van der Waals surface area contributed by atoms with E-state index < -0.39 is 0 Å². The number of nitrogens with zero attached hydrogens (tertiary/aromatic N) is 2. The molecule has 3 heteroatoms. The second-order valence-corrected chi connectivity index (χ2v) is 5.76. The molecule has 0 unspecified atom stereocenters. The normalized spacial score (nSPS) is 15.8. The number of hydrogen-bond donors (Lipinski definition) is 1. The maximum absolute atomic E-state index is 4.75. The molecule has 0 aromatic carbocycles. The topological polar surface area (TPSA) is 37.8 Å². The molecule has 0 saturated heterocycles. The van der Waals surface area contributed by atoms with Crippen molar-refractivity contribution in [2.45, 2.75) is 58.8 Å². The molecule has 1 saturated carbocycles. The highest BCUT2D eigenvalue weighted by atomic mass is 15.0. The number of aromatic nitrogens is 2. The van der Waals surface area contributed by atoms with E-state index in [4.69, 9.17) is 4.98 Å². The van der Waals surface area contributed by atoms with Crippen LogP contribution >= 0.6 is 0 Å². The van der Waals surface area contributed by atoms with E-state index in [9.17, 15) is 0 Å². The van der Waals surface area contributed by atoms with E-state index in [2.05, 4.69) is 37.1 Å². The van der Waals surface area contributed by atoms with E-state index >= 15 is 0 Å². The fraction of sp³-hybridized carbons (Fsp3) is 0.733. The third-order valence-electron chi connectivity index (χ3n) is 3.44. The van der Waals surface area contributed by atoms with Crippen LogP contribution in [0.5, 0.6) is 0 Å². The third kappa shape index (κ3) is 3.44. The second kappa shape index (κ2) is 6.17. The Morgan fingerprint density at radius 3 is 2.67 bits per heavy atom. The summed E-state index contributed by atoms with van der Waals surface area (Å²) in [5, 5.41) is 3.40. The van der Waals surface area contributed by atoms with Gasteiger partial charge in [0.1, 0.15) is 11.6 Å². The van der Waals surface area contributed by atoms with Gasteiger partial charge in [-0.3, -0.25) is 0 Å². The van der Waals surface area contributed by atoms with Crippen molar-refractivity contribution < 1.29 is 0 Å². The van der Waals surface area contributed by atoms with Gasteiger partial charge in [-0.1, -0.05) is 27.2 Å². The third-order valence-corrected chi connectivity index (χ3v) is 3.44. The molecular weight excluding hydrogens is 222 g/mol. The first-order valence-electron chi connectivity index (χ1n) is 7.30. The van der Waals surface area contributed by atoms with Gasteiger partial charge in [-0.05, 0) is 31.6 Å². The van der Waals surface area contributed by atoms with Crippen molar-refractivity contribution in [3.63, 3.8) is 0 Å². The highest BCUT2D eigenvalue weighted by molar-refractivity contribution is 5.36. The summed E-state index contributed by atoms with van der Waals surface area (Å²) in [5.74, 6) is 3.34. The first kappa shape index (κ1) is 13.3. The van der Waals surface area contributed by atoms with Crippen LogP contribution in [-0.2, 0) is 6.42 Å². The quantitative estimate of drug-likeness (QED) is 0.831. The Labute approximate surface area is 110 Å². The molecule has 1 aromatic rings. The van der Waals surface area contributed by atoms with E-state index in [-0.39, 0.29) is 0 Å². The van der Waals surface area contributed by atoms with Crippen LogP contribution in [-0.4, -0.2) is 16.5 Å². The minimum Gasteiger partial charge on any atom is -0.370 e. The first-order chi connectivity index (χ1) is 8.69. The Morgan fingerprint density at radius 2 is 2.11 bits per heavy atom. The minimum absolute atomic E-state index is 0.610. The molecule has 0 radical (unpaired) electrons. The molecule has 3 nitrogen and oxygen atoms in total. The van der Waals surface area contributed by atoms with E-state index in [0.717, 1.165) is 31.0 Å². The molecular formula is C15H25N3. The van der Waals surface area contributed by atoms with Gasteiger partial charge in [-0.25, -0.2) is 9.97 Å². The van der Waals surface area contributed by atoms with Crippen molar-refractivity contribution in [2.75, 3.05) is 11.9 Å². The lowest BCUT2D eigenvalue weighted by atomic mass is 9.85. The largest absolute Gasteiger partial charge is 0.370 e. The summed E-state index contributed by atoms with van der Waals surface area (Å²) in [6, 6.07) is 2.12. The van der Waals surface area contributed by atoms with Crippen molar-refractivity contribution in [3.8, 4) is 0 Å². The van der Waals surface area contributed by atoms with Crippen LogP contribution in [0.15, 0.2) is 6.07 Å². The standard InChI is InChI=1S/C15H25N3/c1-4-8-16-14-10-13(9-11(2)3)17-15(18-14)12-6-5-7-12/h10-12H,4-9H2,1-3H3,(H,16,17,18). The zero-order valence-corrected chi connectivity index (χ0v) is 11.9. The number of rotatable bonds is 6. The fourth-order valence-electron chi connectivity index (χ4n) is 2.23. The Morgan fingerprint density at radius 1 is 1.33 bits per heavy atom. The van der Waals surface area contributed by atoms with Crippen LogP contribution < -0.4 is 5.32 Å². The highest BCUT2D eigenvalue weighted by Crippen LogP contribution is 2.34. The average molecular weight is 247 g/mol. The van der Waals surface area contributed by atoms with Gasteiger partial charge in [-0.15, -0.1) is 0 Å². The summed E-state index contributed by atoms with van der Waals surface area (Å²) in [5.41, 5.74) is 1.19. The van der Waals surface area contributed by atoms with Gasteiger partial charge >= 0.3 is 0 Å². The van der Waals surface area contributed by atoms with E-state index in [1.54, 1.807) is 0 Å². The summed E-state index contributed by atoms with van der Waals surface area (Å²) in [6.07, 6.45) is 6.03. The van der Waals surface area contributed by atoms with E-state index in [1.165, 1.54) is 25.0 Å². The van der Waals surface area contributed by atoms with Crippen molar-refractivity contribution in [2.24, 2.45) is 5.92 Å². The maximum Gasteiger partial charge on any atom is 0.134 e. The monoisotopic (exact) mass is 247 g/mol. The molecule has 1 aromatic heterocycles. The molecule has 18 heavy (non-hydrogen) atoms. The Bertz CT molecular complexity index is 383. The van der Waals surface area contributed by atoms with Crippen LogP contribution in [0.25, 0.3) is 0 Å². The summed E-state index contributed by atoms with van der Waals surface area (Å²) in [4.78, 5) is 9.43. The molecule has 0 atom stereocenters. The first-order valence-corrected chi connectivity index (χ1v) is 7.30. The zero-order valence-electron chi connectivity index (χ0n) is 11.9. The lowest BCUT2D eigenvalue weighted by Crippen LogP contribution is -2.16. The predicted molar refractivity (Wildman–Crippen MR) is 75.9 cm³/mol. The van der Waals surface area contributed by atoms with Crippen molar-refractivity contribution in [1.29, 1.82) is 0 Å². The molecule has 2 rings (SSSR count). The lowest BCUT2D eigenvalue weighted by Gasteiger charge is -2.24. The van der Waals surface area contributed by atoms with Crippen LogP contribution in [0.4, 0.5) is 5.82 Å². The number of anilines is 1. The van der Waals surface area contributed by atoms with Gasteiger partial charge < -0.3 is 5.32 Å². The average Bonchev–Trinajstić information content (AvgIpc) is 2.22. The van der Waals surface area contributed by atoms with Gasteiger partial charge in [0.05, 0.1) is 0 Å². The van der Waals surface area contributed by atoms with E-state index in [1.807, 2.05) is 0 Å². The van der Waals surface area contributed by atoms with E-state index in [0.29, 0.717) is 11.8 Å². The molecule has 1 aliphatic rings. The van der Waals surface area contributed by atoms with Gasteiger partial charge in [0, 0.05) is 24.2 Å². The molecule has 1 heterocycles. The summed E-state index contributed by atoms with van der Waals surface area (Å²) in [7, 11) is 0. The molecule has 0 spiro atoms. The van der Waals surface area contributed by atoms with Crippen LogP contribution in [0, 0.1) is 5.92 Å². The smallest absolute Gasteiger partial charge is 0.134 e. The van der Waals surface area contributed by atoms with Gasteiger partial charge in [-0.2, -0.15) is 0 Å². The summed E-state index contributed by atoms with van der Waals surface area (Å²) in [6.45, 7) is 7.65. The second-order valence-electron chi connectivity index (χ2n) is 5.76. The Hall–Kier alpha value is -1.12. The zero-order chi connectivity index (χ0) is 13.0. The SMILES string of the molecule is CCCNc1cc(CC(C)C)nc(C2CCC2)n1.